The molecule has 1 amide bonds. The van der Waals surface area contributed by atoms with E-state index >= 15 is 0 Å². The van der Waals surface area contributed by atoms with E-state index in [9.17, 15) is 10.1 Å². The molecule has 0 aliphatic heterocycles. The third-order valence-corrected chi connectivity index (χ3v) is 5.27. The third kappa shape index (κ3) is 3.27. The lowest BCUT2D eigenvalue weighted by molar-refractivity contribution is 0.0997. The van der Waals surface area contributed by atoms with Gasteiger partial charge in [-0.05, 0) is 48.5 Å². The molecule has 0 saturated carbocycles. The Morgan fingerprint density at radius 1 is 1.06 bits per heavy atom. The van der Waals surface area contributed by atoms with Crippen molar-refractivity contribution in [2.45, 2.75) is 0 Å². The topological polar surface area (TPSA) is 96.7 Å². The van der Waals surface area contributed by atoms with Crippen molar-refractivity contribution < 1.29 is 9.21 Å². The van der Waals surface area contributed by atoms with Crippen LogP contribution in [0.25, 0.3) is 27.9 Å². The first-order chi connectivity index (χ1) is 15.0. The minimum atomic E-state index is -0.543. The fraction of sp³-hybridized carbons (Fsp3) is 0. The standard InChI is InChI=1S/C22H11BBrN5O2/c23-18-10-9-17(31-18)22(30)28-20-14(11-25)19-21(27-16-4-2-1-3-15(16)26-19)29(20)13-7-5-12(24)6-8-13/h1-10H,(H,28,30). The first-order valence-corrected chi connectivity index (χ1v) is 9.98. The maximum atomic E-state index is 12.8. The summed E-state index contributed by atoms with van der Waals surface area (Å²) in [5, 5.41) is 12.7. The van der Waals surface area contributed by atoms with E-state index in [1.807, 2.05) is 48.5 Å². The van der Waals surface area contributed by atoms with E-state index < -0.39 is 5.91 Å². The highest BCUT2D eigenvalue weighted by molar-refractivity contribution is 9.10. The summed E-state index contributed by atoms with van der Waals surface area (Å²) in [5.74, 6) is -0.269. The molecule has 0 atom stereocenters. The van der Waals surface area contributed by atoms with Crippen LogP contribution in [-0.2, 0) is 0 Å². The number of hydrogen-bond acceptors (Lipinski definition) is 5. The van der Waals surface area contributed by atoms with E-state index in [1.165, 1.54) is 12.1 Å². The number of carbonyl (C=O) groups is 1. The average Bonchev–Trinajstić information content (AvgIpc) is 3.33. The van der Waals surface area contributed by atoms with Crippen LogP contribution in [0, 0.1) is 11.3 Å². The molecule has 0 saturated heterocycles. The summed E-state index contributed by atoms with van der Waals surface area (Å²) in [4.78, 5) is 22.2. The van der Waals surface area contributed by atoms with Crippen molar-refractivity contribution in [2.75, 3.05) is 5.32 Å². The van der Waals surface area contributed by atoms with Crippen LogP contribution < -0.4 is 11.0 Å². The molecular weight excluding hydrogens is 457 g/mol. The van der Waals surface area contributed by atoms with Crippen molar-refractivity contribution in [3.63, 3.8) is 0 Å². The number of nitrogens with zero attached hydrogens (tertiary/aromatic N) is 4. The summed E-state index contributed by atoms with van der Waals surface area (Å²) >= 11 is 3.43. The molecule has 0 aliphatic rings. The number of fused-ring (bicyclic) bond motifs is 2. The van der Waals surface area contributed by atoms with Crippen LogP contribution in [-0.4, -0.2) is 28.3 Å². The van der Waals surface area contributed by atoms with E-state index in [1.54, 1.807) is 4.57 Å². The lowest BCUT2D eigenvalue weighted by Gasteiger charge is -2.11. The SMILES string of the molecule is [B]c1ccc(C(=O)Nc2c(C#N)c3nc4ccccc4nc3n2-c2ccc(Br)cc2)o1. The van der Waals surface area contributed by atoms with Gasteiger partial charge in [0.25, 0.3) is 5.91 Å². The number of anilines is 1. The fourth-order valence-electron chi connectivity index (χ4n) is 3.35. The molecule has 5 aromatic rings. The molecule has 0 aliphatic carbocycles. The normalized spacial score (nSPS) is 11.0. The Bertz CT molecular complexity index is 1520. The molecule has 0 spiro atoms. The van der Waals surface area contributed by atoms with Gasteiger partial charge in [0, 0.05) is 15.8 Å². The van der Waals surface area contributed by atoms with E-state index in [0.717, 1.165) is 4.47 Å². The Morgan fingerprint density at radius 3 is 2.42 bits per heavy atom. The third-order valence-electron chi connectivity index (χ3n) is 4.74. The van der Waals surface area contributed by atoms with Crippen LogP contribution in [0.5, 0.6) is 0 Å². The molecule has 9 heteroatoms. The molecule has 0 bridgehead atoms. The summed E-state index contributed by atoms with van der Waals surface area (Å²) in [5.41, 5.74) is 3.18. The predicted octanol–water partition coefficient (Wildman–Crippen LogP) is 3.85. The summed E-state index contributed by atoms with van der Waals surface area (Å²) in [6.45, 7) is 0. The fourth-order valence-corrected chi connectivity index (χ4v) is 3.62. The summed E-state index contributed by atoms with van der Waals surface area (Å²) in [6, 6.07) is 19.9. The average molecular weight is 468 g/mol. The van der Waals surface area contributed by atoms with Gasteiger partial charge >= 0.3 is 0 Å². The first-order valence-electron chi connectivity index (χ1n) is 9.19. The Kier molecular flexibility index (Phi) is 4.57. The van der Waals surface area contributed by atoms with Gasteiger partial charge in [-0.3, -0.25) is 9.36 Å². The Hall–Kier alpha value is -3.90. The van der Waals surface area contributed by atoms with Crippen molar-refractivity contribution in [1.29, 1.82) is 5.26 Å². The van der Waals surface area contributed by atoms with Gasteiger partial charge in [-0.25, -0.2) is 9.97 Å². The second-order valence-electron chi connectivity index (χ2n) is 6.69. The molecule has 146 valence electrons. The van der Waals surface area contributed by atoms with Crippen LogP contribution in [0.15, 0.2) is 69.6 Å². The van der Waals surface area contributed by atoms with Gasteiger partial charge in [0.05, 0.1) is 11.0 Å². The molecule has 0 unspecified atom stereocenters. The van der Waals surface area contributed by atoms with Crippen LogP contribution in [0.3, 0.4) is 0 Å². The van der Waals surface area contributed by atoms with Gasteiger partial charge in [0.2, 0.25) is 0 Å². The molecular formula is C22H11BBrN5O2. The van der Waals surface area contributed by atoms with Crippen molar-refractivity contribution >= 4 is 63.4 Å². The second kappa shape index (κ2) is 7.41. The zero-order chi connectivity index (χ0) is 21.5. The van der Waals surface area contributed by atoms with Crippen LogP contribution in [0.2, 0.25) is 0 Å². The van der Waals surface area contributed by atoms with Gasteiger partial charge < -0.3 is 9.73 Å². The highest BCUT2D eigenvalue weighted by Gasteiger charge is 2.24. The van der Waals surface area contributed by atoms with Crippen LogP contribution >= 0.6 is 15.9 Å². The number of aromatic nitrogens is 3. The minimum absolute atomic E-state index is 0.0279. The van der Waals surface area contributed by atoms with Gasteiger partial charge in [-0.2, -0.15) is 5.26 Å². The maximum Gasteiger partial charge on any atom is 0.292 e. The Morgan fingerprint density at radius 2 is 1.77 bits per heavy atom. The number of furan rings is 1. The van der Waals surface area contributed by atoms with Gasteiger partial charge in [-0.1, -0.05) is 28.1 Å². The van der Waals surface area contributed by atoms with Crippen molar-refractivity contribution in [3.05, 3.63) is 76.5 Å². The first kappa shape index (κ1) is 19.1. The molecule has 5 rings (SSSR count). The molecule has 7 nitrogen and oxygen atoms in total. The zero-order valence-corrected chi connectivity index (χ0v) is 17.4. The largest absolute Gasteiger partial charge is 0.468 e. The van der Waals surface area contributed by atoms with E-state index in [2.05, 4.69) is 32.3 Å². The Labute approximate surface area is 185 Å². The molecule has 2 aromatic carbocycles. The number of benzene rings is 2. The lowest BCUT2D eigenvalue weighted by Crippen LogP contribution is -2.15. The summed E-state index contributed by atoms with van der Waals surface area (Å²) in [6.07, 6.45) is 0. The van der Waals surface area contributed by atoms with Gasteiger partial charge in [0.15, 0.2) is 19.3 Å². The monoisotopic (exact) mass is 467 g/mol. The van der Waals surface area contributed by atoms with Crippen molar-refractivity contribution in [3.8, 4) is 11.8 Å². The summed E-state index contributed by atoms with van der Waals surface area (Å²) in [7, 11) is 5.59. The highest BCUT2D eigenvalue weighted by Crippen LogP contribution is 2.33. The number of rotatable bonds is 3. The van der Waals surface area contributed by atoms with Crippen LogP contribution in [0.4, 0.5) is 5.82 Å². The Balaban J connectivity index is 1.80. The van der Waals surface area contributed by atoms with E-state index in [-0.39, 0.29) is 22.8 Å². The predicted molar refractivity (Wildman–Crippen MR) is 121 cm³/mol. The number of halogens is 1. The van der Waals surface area contributed by atoms with Crippen LogP contribution in [0.1, 0.15) is 16.1 Å². The van der Waals surface area contributed by atoms with Gasteiger partial charge in [-0.15, -0.1) is 0 Å². The molecule has 1 N–H and O–H groups in total. The number of nitriles is 1. The zero-order valence-electron chi connectivity index (χ0n) is 15.8. The number of nitrogens with one attached hydrogen (secondary N) is 1. The number of para-hydroxylation sites is 2. The molecule has 31 heavy (non-hydrogen) atoms. The van der Waals surface area contributed by atoms with Crippen molar-refractivity contribution in [2.24, 2.45) is 0 Å². The summed E-state index contributed by atoms with van der Waals surface area (Å²) < 4.78 is 7.81. The van der Waals surface area contributed by atoms with E-state index in [4.69, 9.17) is 17.2 Å². The number of hydrogen-bond donors (Lipinski definition) is 1. The maximum absolute atomic E-state index is 12.8. The number of carbonyl (C=O) groups excluding carboxylic acids is 1. The van der Waals surface area contributed by atoms with Crippen molar-refractivity contribution in [1.82, 2.24) is 14.5 Å². The smallest absolute Gasteiger partial charge is 0.292 e. The number of amides is 1. The second-order valence-corrected chi connectivity index (χ2v) is 7.60. The lowest BCUT2D eigenvalue weighted by atomic mass is 10.1. The minimum Gasteiger partial charge on any atom is -0.468 e. The molecule has 2 radical (unpaired) electrons. The van der Waals surface area contributed by atoms with E-state index in [0.29, 0.717) is 27.9 Å². The quantitative estimate of drug-likeness (QED) is 0.406. The molecule has 3 heterocycles. The van der Waals surface area contributed by atoms with Gasteiger partial charge in [0.1, 0.15) is 23.0 Å². The molecule has 0 fully saturated rings. The highest BCUT2D eigenvalue weighted by atomic mass is 79.9. The molecule has 3 aromatic heterocycles.